The van der Waals surface area contributed by atoms with Crippen LogP contribution >= 0.6 is 0 Å². The SMILES string of the molecule is CCOCc1ccccc1NC(=O)C(N)C(C)CC. The van der Waals surface area contributed by atoms with E-state index < -0.39 is 6.04 Å². The molecule has 0 aromatic heterocycles. The van der Waals surface area contributed by atoms with Crippen LogP contribution in [0.4, 0.5) is 5.69 Å². The lowest BCUT2D eigenvalue weighted by Gasteiger charge is -2.19. The summed E-state index contributed by atoms with van der Waals surface area (Å²) in [5.41, 5.74) is 7.67. The van der Waals surface area contributed by atoms with E-state index >= 15 is 0 Å². The summed E-state index contributed by atoms with van der Waals surface area (Å²) in [4.78, 5) is 12.1. The van der Waals surface area contributed by atoms with Gasteiger partial charge in [-0.25, -0.2) is 0 Å². The van der Waals surface area contributed by atoms with Crippen molar-refractivity contribution in [2.45, 2.75) is 39.8 Å². The summed E-state index contributed by atoms with van der Waals surface area (Å²) >= 11 is 0. The molecule has 1 aromatic carbocycles. The minimum Gasteiger partial charge on any atom is -0.377 e. The van der Waals surface area contributed by atoms with E-state index in [1.165, 1.54) is 0 Å². The van der Waals surface area contributed by atoms with E-state index in [-0.39, 0.29) is 11.8 Å². The molecule has 0 fully saturated rings. The molecule has 2 unspecified atom stereocenters. The Labute approximate surface area is 115 Å². The first-order valence-electron chi connectivity index (χ1n) is 6.82. The molecule has 0 aliphatic heterocycles. The molecule has 0 heterocycles. The number of ether oxygens (including phenoxy) is 1. The standard InChI is InChI=1S/C15H24N2O2/c1-4-11(3)14(16)15(18)17-13-9-7-6-8-12(13)10-19-5-2/h6-9,11,14H,4-5,10,16H2,1-3H3,(H,17,18). The third-order valence-electron chi connectivity index (χ3n) is 3.30. The highest BCUT2D eigenvalue weighted by Crippen LogP contribution is 2.17. The van der Waals surface area contributed by atoms with Gasteiger partial charge in [-0.1, -0.05) is 38.5 Å². The Bertz CT molecular complexity index is 407. The lowest BCUT2D eigenvalue weighted by atomic mass is 9.99. The van der Waals surface area contributed by atoms with Crippen LogP contribution in [0.2, 0.25) is 0 Å². The van der Waals surface area contributed by atoms with Crippen molar-refractivity contribution in [3.63, 3.8) is 0 Å². The molecule has 2 atom stereocenters. The number of benzene rings is 1. The normalized spacial score (nSPS) is 13.9. The van der Waals surface area contributed by atoms with Crippen LogP contribution in [0.15, 0.2) is 24.3 Å². The summed E-state index contributed by atoms with van der Waals surface area (Å²) in [6.07, 6.45) is 0.884. The zero-order valence-corrected chi connectivity index (χ0v) is 12.0. The number of para-hydroxylation sites is 1. The number of rotatable bonds is 7. The fraction of sp³-hybridized carbons (Fsp3) is 0.533. The molecule has 0 spiro atoms. The quantitative estimate of drug-likeness (QED) is 0.795. The lowest BCUT2D eigenvalue weighted by molar-refractivity contribution is -0.118. The molecule has 4 nitrogen and oxygen atoms in total. The van der Waals surface area contributed by atoms with Crippen molar-refractivity contribution in [3.8, 4) is 0 Å². The summed E-state index contributed by atoms with van der Waals surface area (Å²) in [7, 11) is 0. The molecule has 1 amide bonds. The largest absolute Gasteiger partial charge is 0.377 e. The zero-order valence-electron chi connectivity index (χ0n) is 12.0. The molecule has 0 saturated carbocycles. The third-order valence-corrected chi connectivity index (χ3v) is 3.30. The van der Waals surface area contributed by atoms with Crippen LogP contribution in [0, 0.1) is 5.92 Å². The van der Waals surface area contributed by atoms with Gasteiger partial charge in [-0.05, 0) is 18.9 Å². The summed E-state index contributed by atoms with van der Waals surface area (Å²) in [6, 6.07) is 7.15. The van der Waals surface area contributed by atoms with Crippen LogP contribution in [0.5, 0.6) is 0 Å². The van der Waals surface area contributed by atoms with Crippen LogP contribution in [-0.4, -0.2) is 18.6 Å². The van der Waals surface area contributed by atoms with Crippen molar-refractivity contribution in [2.24, 2.45) is 11.7 Å². The van der Waals surface area contributed by atoms with Crippen LogP contribution in [0.25, 0.3) is 0 Å². The predicted molar refractivity (Wildman–Crippen MR) is 77.8 cm³/mol. The molecule has 1 rings (SSSR count). The number of nitrogens with one attached hydrogen (secondary N) is 1. The van der Waals surface area contributed by atoms with E-state index in [0.717, 1.165) is 17.7 Å². The average molecular weight is 264 g/mol. The molecular weight excluding hydrogens is 240 g/mol. The Kier molecular flexibility index (Phi) is 6.53. The number of amides is 1. The number of nitrogens with two attached hydrogens (primary N) is 1. The van der Waals surface area contributed by atoms with Gasteiger partial charge < -0.3 is 15.8 Å². The van der Waals surface area contributed by atoms with Crippen molar-refractivity contribution in [1.82, 2.24) is 0 Å². The van der Waals surface area contributed by atoms with Gasteiger partial charge in [-0.3, -0.25) is 4.79 Å². The van der Waals surface area contributed by atoms with Crippen molar-refractivity contribution in [2.75, 3.05) is 11.9 Å². The second kappa shape index (κ2) is 7.92. The molecule has 19 heavy (non-hydrogen) atoms. The summed E-state index contributed by atoms with van der Waals surface area (Å²) in [6.45, 7) is 7.09. The van der Waals surface area contributed by atoms with Crippen molar-refractivity contribution >= 4 is 11.6 Å². The minimum atomic E-state index is -0.481. The highest BCUT2D eigenvalue weighted by Gasteiger charge is 2.20. The Morgan fingerprint density at radius 2 is 2.05 bits per heavy atom. The van der Waals surface area contributed by atoms with Gasteiger partial charge in [0, 0.05) is 17.9 Å². The van der Waals surface area contributed by atoms with Gasteiger partial charge in [0.05, 0.1) is 12.6 Å². The zero-order chi connectivity index (χ0) is 14.3. The van der Waals surface area contributed by atoms with Gasteiger partial charge in [0.2, 0.25) is 5.91 Å². The van der Waals surface area contributed by atoms with Crippen molar-refractivity contribution in [3.05, 3.63) is 29.8 Å². The lowest BCUT2D eigenvalue weighted by Crippen LogP contribution is -2.40. The van der Waals surface area contributed by atoms with Crippen molar-refractivity contribution in [1.29, 1.82) is 0 Å². The van der Waals surface area contributed by atoms with E-state index in [4.69, 9.17) is 10.5 Å². The molecule has 0 radical (unpaired) electrons. The topological polar surface area (TPSA) is 64.3 Å². The molecule has 3 N–H and O–H groups in total. The first kappa shape index (κ1) is 15.7. The maximum Gasteiger partial charge on any atom is 0.241 e. The van der Waals surface area contributed by atoms with Crippen LogP contribution in [0.3, 0.4) is 0 Å². The average Bonchev–Trinajstić information content (AvgIpc) is 2.44. The van der Waals surface area contributed by atoms with Crippen molar-refractivity contribution < 1.29 is 9.53 Å². The number of anilines is 1. The molecule has 4 heteroatoms. The van der Waals surface area contributed by atoms with E-state index in [9.17, 15) is 4.79 Å². The number of hydrogen-bond donors (Lipinski definition) is 2. The second-order valence-corrected chi connectivity index (χ2v) is 4.69. The Morgan fingerprint density at radius 3 is 2.68 bits per heavy atom. The summed E-state index contributed by atoms with van der Waals surface area (Å²) in [5.74, 6) is 0.0253. The highest BCUT2D eigenvalue weighted by atomic mass is 16.5. The third kappa shape index (κ3) is 4.65. The fourth-order valence-electron chi connectivity index (χ4n) is 1.71. The number of hydrogen-bond acceptors (Lipinski definition) is 3. The number of carbonyl (C=O) groups is 1. The molecule has 0 aliphatic rings. The van der Waals surface area contributed by atoms with Crippen LogP contribution in [0.1, 0.15) is 32.8 Å². The predicted octanol–water partition coefficient (Wildman–Crippen LogP) is 2.54. The first-order valence-corrected chi connectivity index (χ1v) is 6.82. The number of carbonyl (C=O) groups excluding carboxylic acids is 1. The molecule has 1 aromatic rings. The van der Waals surface area contributed by atoms with Crippen LogP contribution < -0.4 is 11.1 Å². The monoisotopic (exact) mass is 264 g/mol. The van der Waals surface area contributed by atoms with Gasteiger partial charge in [0.1, 0.15) is 0 Å². The van der Waals surface area contributed by atoms with E-state index in [0.29, 0.717) is 13.2 Å². The highest BCUT2D eigenvalue weighted by molar-refractivity contribution is 5.95. The smallest absolute Gasteiger partial charge is 0.241 e. The van der Waals surface area contributed by atoms with Gasteiger partial charge in [-0.15, -0.1) is 0 Å². The minimum absolute atomic E-state index is 0.140. The van der Waals surface area contributed by atoms with E-state index in [1.807, 2.05) is 45.0 Å². The van der Waals surface area contributed by atoms with Gasteiger partial charge in [-0.2, -0.15) is 0 Å². The maximum atomic E-state index is 12.1. The Hall–Kier alpha value is -1.39. The van der Waals surface area contributed by atoms with E-state index in [1.54, 1.807) is 0 Å². The molecule has 0 aliphatic carbocycles. The first-order chi connectivity index (χ1) is 9.10. The molecular formula is C15H24N2O2. The second-order valence-electron chi connectivity index (χ2n) is 4.69. The Balaban J connectivity index is 2.73. The molecule has 106 valence electrons. The molecule has 0 saturated heterocycles. The van der Waals surface area contributed by atoms with E-state index in [2.05, 4.69) is 5.32 Å². The Morgan fingerprint density at radius 1 is 1.37 bits per heavy atom. The summed E-state index contributed by atoms with van der Waals surface area (Å²) in [5, 5.41) is 2.89. The summed E-state index contributed by atoms with van der Waals surface area (Å²) < 4.78 is 5.39. The van der Waals surface area contributed by atoms with Crippen LogP contribution in [-0.2, 0) is 16.1 Å². The van der Waals surface area contributed by atoms with Gasteiger partial charge >= 0.3 is 0 Å². The molecule has 0 bridgehead atoms. The van der Waals surface area contributed by atoms with Gasteiger partial charge in [0.15, 0.2) is 0 Å². The van der Waals surface area contributed by atoms with Gasteiger partial charge in [0.25, 0.3) is 0 Å². The maximum absolute atomic E-state index is 12.1. The fourth-order valence-corrected chi connectivity index (χ4v) is 1.71.